The van der Waals surface area contributed by atoms with Crippen LogP contribution < -0.4 is 5.73 Å². The first-order chi connectivity index (χ1) is 10.8. The topological polar surface area (TPSA) is 48.8 Å². The van der Waals surface area contributed by atoms with E-state index in [0.717, 1.165) is 27.7 Å². The second kappa shape index (κ2) is 4.51. The molecule has 0 saturated heterocycles. The van der Waals surface area contributed by atoms with Gasteiger partial charge in [0.15, 0.2) is 5.65 Å². The smallest absolute Gasteiger partial charge is 0.391 e. The number of fused-ring (bicyclic) bond motifs is 3. The molecule has 4 nitrogen and oxygen atoms in total. The van der Waals surface area contributed by atoms with Gasteiger partial charge in [0.25, 0.3) is 0 Å². The minimum atomic E-state index is -4.35. The summed E-state index contributed by atoms with van der Waals surface area (Å²) in [4.78, 5) is 0.875. The molecular formula is C15H11F3N4S. The molecule has 3 aromatic heterocycles. The van der Waals surface area contributed by atoms with Gasteiger partial charge in [0.2, 0.25) is 0 Å². The molecule has 0 aliphatic rings. The molecule has 0 fully saturated rings. The minimum absolute atomic E-state index is 0.624. The van der Waals surface area contributed by atoms with Crippen molar-refractivity contribution in [3.05, 3.63) is 42.1 Å². The molecule has 118 valence electrons. The first-order valence-corrected chi connectivity index (χ1v) is 7.57. The molecule has 1 aromatic carbocycles. The normalized spacial score (nSPS) is 12.5. The van der Waals surface area contributed by atoms with Gasteiger partial charge in [-0.3, -0.25) is 9.25 Å². The van der Waals surface area contributed by atoms with Gasteiger partial charge in [-0.1, -0.05) is 11.3 Å². The number of nitrogen functional groups attached to an aromatic ring is 1. The van der Waals surface area contributed by atoms with Crippen molar-refractivity contribution >= 4 is 37.6 Å². The van der Waals surface area contributed by atoms with Crippen molar-refractivity contribution in [2.24, 2.45) is 7.05 Å². The van der Waals surface area contributed by atoms with Crippen LogP contribution in [0.1, 0.15) is 5.56 Å². The molecule has 4 rings (SSSR count). The predicted octanol–water partition coefficient (Wildman–Crippen LogP) is 4.18. The van der Waals surface area contributed by atoms with E-state index < -0.39 is 11.7 Å². The van der Waals surface area contributed by atoms with E-state index in [1.165, 1.54) is 23.5 Å². The highest BCUT2D eigenvalue weighted by Gasteiger charge is 2.30. The fraction of sp³-hybridized carbons (Fsp3) is 0.133. The molecule has 0 atom stereocenters. The Kier molecular flexibility index (Phi) is 2.77. The number of anilines is 1. The van der Waals surface area contributed by atoms with Crippen LogP contribution in [0, 0.1) is 0 Å². The summed E-state index contributed by atoms with van der Waals surface area (Å²) in [7, 11) is 1.80. The van der Waals surface area contributed by atoms with Gasteiger partial charge in [0, 0.05) is 29.7 Å². The number of hydrogen-bond acceptors (Lipinski definition) is 3. The molecule has 0 amide bonds. The number of aromatic nitrogens is 3. The zero-order chi connectivity index (χ0) is 16.4. The summed E-state index contributed by atoms with van der Waals surface area (Å²) < 4.78 is 41.7. The maximum Gasteiger partial charge on any atom is 0.416 e. The molecule has 0 unspecified atom stereocenters. The fourth-order valence-electron chi connectivity index (χ4n) is 2.73. The number of rotatable bonds is 1. The largest absolute Gasteiger partial charge is 0.416 e. The van der Waals surface area contributed by atoms with E-state index in [-0.39, 0.29) is 0 Å². The highest BCUT2D eigenvalue weighted by molar-refractivity contribution is 7.22. The fourth-order valence-corrected chi connectivity index (χ4v) is 3.69. The summed E-state index contributed by atoms with van der Waals surface area (Å²) in [6, 6.07) is 6.92. The van der Waals surface area contributed by atoms with Crippen molar-refractivity contribution in [2.45, 2.75) is 6.18 Å². The van der Waals surface area contributed by atoms with Crippen LogP contribution in [0.25, 0.3) is 26.9 Å². The average Bonchev–Trinajstić information content (AvgIpc) is 3.08. The quantitative estimate of drug-likeness (QED) is 0.567. The molecule has 23 heavy (non-hydrogen) atoms. The van der Waals surface area contributed by atoms with E-state index in [1.807, 2.05) is 16.8 Å². The Bertz CT molecular complexity index is 967. The van der Waals surface area contributed by atoms with Crippen LogP contribution in [0.5, 0.6) is 0 Å². The first-order valence-electron chi connectivity index (χ1n) is 6.75. The van der Waals surface area contributed by atoms with Crippen molar-refractivity contribution in [1.29, 1.82) is 0 Å². The summed E-state index contributed by atoms with van der Waals surface area (Å²) in [5, 5.41) is 6.96. The Morgan fingerprint density at radius 2 is 1.83 bits per heavy atom. The van der Waals surface area contributed by atoms with Crippen LogP contribution in [0.3, 0.4) is 0 Å². The van der Waals surface area contributed by atoms with Gasteiger partial charge >= 0.3 is 6.18 Å². The second-order valence-electron chi connectivity index (χ2n) is 5.29. The third-order valence-corrected chi connectivity index (χ3v) is 4.65. The van der Waals surface area contributed by atoms with E-state index in [2.05, 4.69) is 5.10 Å². The van der Waals surface area contributed by atoms with E-state index in [4.69, 9.17) is 5.73 Å². The molecule has 0 radical (unpaired) electrons. The highest BCUT2D eigenvalue weighted by atomic mass is 32.1. The maximum atomic E-state index is 12.7. The molecule has 4 aromatic rings. The summed E-state index contributed by atoms with van der Waals surface area (Å²) in [5.41, 5.74) is 6.54. The summed E-state index contributed by atoms with van der Waals surface area (Å²) in [5.74, 6) is 0. The summed E-state index contributed by atoms with van der Waals surface area (Å²) in [6.07, 6.45) is -2.47. The second-order valence-corrected chi connectivity index (χ2v) is 6.35. The van der Waals surface area contributed by atoms with Gasteiger partial charge in [-0.05, 0) is 30.3 Å². The lowest BCUT2D eigenvalue weighted by Gasteiger charge is -2.09. The summed E-state index contributed by atoms with van der Waals surface area (Å²) in [6.45, 7) is 0. The monoisotopic (exact) mass is 336 g/mol. The third kappa shape index (κ3) is 2.09. The van der Waals surface area contributed by atoms with Crippen LogP contribution >= 0.6 is 11.3 Å². The van der Waals surface area contributed by atoms with Gasteiger partial charge in [-0.2, -0.15) is 18.3 Å². The zero-order valence-corrected chi connectivity index (χ0v) is 12.7. The van der Waals surface area contributed by atoms with E-state index >= 15 is 0 Å². The van der Waals surface area contributed by atoms with Crippen molar-refractivity contribution < 1.29 is 13.2 Å². The molecule has 3 heterocycles. The highest BCUT2D eigenvalue weighted by Crippen LogP contribution is 2.38. The Hall–Kier alpha value is -2.48. The number of thiophene rings is 1. The Morgan fingerprint density at radius 3 is 2.48 bits per heavy atom. The van der Waals surface area contributed by atoms with Crippen LogP contribution in [-0.4, -0.2) is 14.3 Å². The number of nitrogens with zero attached hydrogens (tertiary/aromatic N) is 3. The standard InChI is InChI=1S/C15H11F3N4S/c1-21-7-11-10-6-12(19)23-14(10)22(13(11)20-21)9-4-2-8(3-5-9)15(16,17)18/h2-7H,19H2,1H3. The Labute approximate surface area is 132 Å². The number of nitrogens with two attached hydrogens (primary N) is 1. The predicted molar refractivity (Wildman–Crippen MR) is 84.8 cm³/mol. The minimum Gasteiger partial charge on any atom is -0.391 e. The maximum absolute atomic E-state index is 12.7. The van der Waals surface area contributed by atoms with Crippen LogP contribution in [0.2, 0.25) is 0 Å². The first kappa shape index (κ1) is 14.1. The van der Waals surface area contributed by atoms with Crippen molar-refractivity contribution in [2.75, 3.05) is 5.73 Å². The van der Waals surface area contributed by atoms with Crippen LogP contribution in [-0.2, 0) is 13.2 Å². The number of alkyl halides is 3. The SMILES string of the molecule is Cn1cc2c3cc(N)sc3n(-c3ccc(C(F)(F)F)cc3)c2n1. The Morgan fingerprint density at radius 1 is 1.13 bits per heavy atom. The average molecular weight is 336 g/mol. The van der Waals surface area contributed by atoms with Gasteiger partial charge in [-0.25, -0.2) is 0 Å². The Balaban J connectivity index is 1.99. The molecule has 0 aliphatic carbocycles. The van der Waals surface area contributed by atoms with Gasteiger partial charge in [-0.15, -0.1) is 0 Å². The van der Waals surface area contributed by atoms with Crippen LogP contribution in [0.4, 0.5) is 18.2 Å². The van der Waals surface area contributed by atoms with Crippen molar-refractivity contribution in [1.82, 2.24) is 14.3 Å². The lowest BCUT2D eigenvalue weighted by Crippen LogP contribution is -2.05. The molecule has 0 bridgehead atoms. The van der Waals surface area contributed by atoms with Crippen molar-refractivity contribution in [3.63, 3.8) is 0 Å². The number of hydrogen-bond donors (Lipinski definition) is 1. The number of halogens is 3. The molecule has 0 spiro atoms. The summed E-state index contributed by atoms with van der Waals surface area (Å²) >= 11 is 1.39. The lowest BCUT2D eigenvalue weighted by atomic mass is 10.2. The number of aryl methyl sites for hydroxylation is 1. The molecular weight excluding hydrogens is 325 g/mol. The molecule has 0 saturated carbocycles. The molecule has 0 aliphatic heterocycles. The number of benzene rings is 1. The third-order valence-electron chi connectivity index (χ3n) is 3.70. The van der Waals surface area contributed by atoms with Gasteiger partial charge in [0.1, 0.15) is 4.83 Å². The molecule has 8 heteroatoms. The molecule has 2 N–H and O–H groups in total. The van der Waals surface area contributed by atoms with Crippen molar-refractivity contribution in [3.8, 4) is 5.69 Å². The van der Waals surface area contributed by atoms with Gasteiger partial charge < -0.3 is 5.73 Å². The van der Waals surface area contributed by atoms with Gasteiger partial charge in [0.05, 0.1) is 10.6 Å². The lowest BCUT2D eigenvalue weighted by molar-refractivity contribution is -0.137. The van der Waals surface area contributed by atoms with E-state index in [0.29, 0.717) is 16.3 Å². The zero-order valence-electron chi connectivity index (χ0n) is 11.9. The van der Waals surface area contributed by atoms with E-state index in [1.54, 1.807) is 11.7 Å². The van der Waals surface area contributed by atoms with E-state index in [9.17, 15) is 13.2 Å². The van der Waals surface area contributed by atoms with Crippen LogP contribution in [0.15, 0.2) is 36.5 Å².